The highest BCUT2D eigenvalue weighted by molar-refractivity contribution is 6.05. The Bertz CT molecular complexity index is 1720. The molecule has 38 heavy (non-hydrogen) atoms. The fourth-order valence-corrected chi connectivity index (χ4v) is 4.71. The molecule has 0 saturated carbocycles. The van der Waals surface area contributed by atoms with Gasteiger partial charge in [0, 0.05) is 40.5 Å². The largest absolute Gasteiger partial charge is 0.483 e. The Kier molecular flexibility index (Phi) is 6.87. The molecule has 194 valence electrons. The molecule has 0 fully saturated rings. The first-order valence-electron chi connectivity index (χ1n) is 12.5. The summed E-state index contributed by atoms with van der Waals surface area (Å²) in [7, 11) is 0. The molecule has 0 aliphatic heterocycles. The SMILES string of the molecule is Cc1c(OCC(=O)NC(Cc2c[nH]c3ccccc23)C(=O)NC(C)C)ccc2c1oc(=O)c1ccccc12. The normalized spacial score (nSPS) is 12.2. The molecule has 0 aliphatic carbocycles. The summed E-state index contributed by atoms with van der Waals surface area (Å²) in [5.41, 5.74) is 2.50. The van der Waals surface area contributed by atoms with Crippen molar-refractivity contribution in [2.24, 2.45) is 0 Å². The molecule has 0 bridgehead atoms. The number of carbonyl (C=O) groups excluding carboxylic acids is 2. The number of para-hydroxylation sites is 1. The number of hydrogen-bond donors (Lipinski definition) is 3. The minimum absolute atomic E-state index is 0.0768. The lowest BCUT2D eigenvalue weighted by atomic mass is 10.0. The molecule has 5 aromatic rings. The summed E-state index contributed by atoms with van der Waals surface area (Å²) in [6.45, 7) is 5.22. The minimum Gasteiger partial charge on any atom is -0.483 e. The summed E-state index contributed by atoms with van der Waals surface area (Å²) in [6, 6.07) is 17.8. The van der Waals surface area contributed by atoms with Gasteiger partial charge in [-0.2, -0.15) is 0 Å². The molecule has 0 spiro atoms. The van der Waals surface area contributed by atoms with Gasteiger partial charge >= 0.3 is 5.63 Å². The first-order chi connectivity index (χ1) is 18.3. The van der Waals surface area contributed by atoms with E-state index < -0.39 is 17.6 Å². The van der Waals surface area contributed by atoms with Crippen LogP contribution in [0.2, 0.25) is 0 Å². The molecule has 2 amide bonds. The van der Waals surface area contributed by atoms with Crippen molar-refractivity contribution < 1.29 is 18.7 Å². The van der Waals surface area contributed by atoms with E-state index >= 15 is 0 Å². The van der Waals surface area contributed by atoms with E-state index in [9.17, 15) is 14.4 Å². The smallest absolute Gasteiger partial charge is 0.344 e. The molecule has 5 rings (SSSR count). The highest BCUT2D eigenvalue weighted by atomic mass is 16.5. The molecule has 0 radical (unpaired) electrons. The van der Waals surface area contributed by atoms with Crippen molar-refractivity contribution in [2.45, 2.75) is 39.3 Å². The first-order valence-corrected chi connectivity index (χ1v) is 12.5. The molecule has 3 N–H and O–H groups in total. The van der Waals surface area contributed by atoms with E-state index in [-0.39, 0.29) is 18.6 Å². The number of H-pyrrole nitrogens is 1. The Morgan fingerprint density at radius 1 is 0.921 bits per heavy atom. The predicted molar refractivity (Wildman–Crippen MR) is 147 cm³/mol. The summed E-state index contributed by atoms with van der Waals surface area (Å²) >= 11 is 0. The van der Waals surface area contributed by atoms with Crippen LogP contribution < -0.4 is 21.0 Å². The first kappa shape index (κ1) is 25.1. The molecule has 3 aromatic carbocycles. The highest BCUT2D eigenvalue weighted by Crippen LogP contribution is 2.30. The molecule has 2 aromatic heterocycles. The molecule has 1 unspecified atom stereocenters. The van der Waals surface area contributed by atoms with Crippen LogP contribution in [0, 0.1) is 6.92 Å². The molecule has 0 aliphatic rings. The zero-order chi connectivity index (χ0) is 26.8. The third-order valence-electron chi connectivity index (χ3n) is 6.53. The van der Waals surface area contributed by atoms with Crippen molar-refractivity contribution in [2.75, 3.05) is 6.61 Å². The lowest BCUT2D eigenvalue weighted by Crippen LogP contribution is -2.50. The van der Waals surface area contributed by atoms with Crippen LogP contribution in [0.5, 0.6) is 5.75 Å². The maximum absolute atomic E-state index is 12.9. The fourth-order valence-electron chi connectivity index (χ4n) is 4.71. The number of ether oxygens (including phenoxy) is 1. The summed E-state index contributed by atoms with van der Waals surface area (Å²) in [6.07, 6.45) is 2.18. The minimum atomic E-state index is -0.783. The second-order valence-electron chi connectivity index (χ2n) is 9.64. The van der Waals surface area contributed by atoms with Gasteiger partial charge in [0.15, 0.2) is 6.61 Å². The van der Waals surface area contributed by atoms with Crippen LogP contribution in [0.3, 0.4) is 0 Å². The van der Waals surface area contributed by atoms with E-state index in [0.29, 0.717) is 28.7 Å². The Balaban J connectivity index is 1.34. The molecule has 1 atom stereocenters. The van der Waals surface area contributed by atoms with Crippen LogP contribution >= 0.6 is 0 Å². The number of hydrogen-bond acceptors (Lipinski definition) is 5. The zero-order valence-corrected chi connectivity index (χ0v) is 21.5. The monoisotopic (exact) mass is 511 g/mol. The number of aromatic amines is 1. The molecule has 8 nitrogen and oxygen atoms in total. The van der Waals surface area contributed by atoms with Gasteiger partial charge < -0.3 is 24.8 Å². The number of nitrogens with one attached hydrogen (secondary N) is 3. The van der Waals surface area contributed by atoms with Crippen molar-refractivity contribution in [1.29, 1.82) is 0 Å². The van der Waals surface area contributed by atoms with E-state index in [4.69, 9.17) is 9.15 Å². The maximum atomic E-state index is 12.9. The summed E-state index contributed by atoms with van der Waals surface area (Å²) < 4.78 is 11.4. The van der Waals surface area contributed by atoms with Crippen LogP contribution in [-0.2, 0) is 16.0 Å². The second kappa shape index (κ2) is 10.4. The van der Waals surface area contributed by atoms with Crippen molar-refractivity contribution in [3.05, 3.63) is 88.4 Å². The molecular weight excluding hydrogens is 482 g/mol. The number of carbonyl (C=O) groups is 2. The number of amides is 2. The van der Waals surface area contributed by atoms with Crippen LogP contribution in [0.1, 0.15) is 25.0 Å². The zero-order valence-electron chi connectivity index (χ0n) is 21.5. The Morgan fingerprint density at radius 2 is 1.63 bits per heavy atom. The van der Waals surface area contributed by atoms with E-state index in [1.54, 1.807) is 25.1 Å². The third-order valence-corrected chi connectivity index (χ3v) is 6.53. The van der Waals surface area contributed by atoms with E-state index in [1.807, 2.05) is 62.5 Å². The van der Waals surface area contributed by atoms with E-state index in [2.05, 4.69) is 15.6 Å². The third kappa shape index (κ3) is 4.98. The predicted octanol–water partition coefficient (Wildman–Crippen LogP) is 4.37. The number of aryl methyl sites for hydroxylation is 1. The van der Waals surface area contributed by atoms with Gasteiger partial charge in [-0.3, -0.25) is 9.59 Å². The summed E-state index contributed by atoms with van der Waals surface area (Å²) in [4.78, 5) is 41.6. The molecular formula is C30H29N3O5. The van der Waals surface area contributed by atoms with Gasteiger partial charge in [-0.15, -0.1) is 0 Å². The van der Waals surface area contributed by atoms with Gasteiger partial charge in [0.2, 0.25) is 5.91 Å². The van der Waals surface area contributed by atoms with Gasteiger partial charge in [-0.1, -0.05) is 36.4 Å². The van der Waals surface area contributed by atoms with Crippen LogP contribution in [-0.4, -0.2) is 35.5 Å². The van der Waals surface area contributed by atoms with Crippen molar-refractivity contribution in [1.82, 2.24) is 15.6 Å². The number of rotatable bonds is 8. The van der Waals surface area contributed by atoms with Gasteiger partial charge in [0.1, 0.15) is 17.4 Å². The lowest BCUT2D eigenvalue weighted by molar-refractivity contribution is -0.130. The summed E-state index contributed by atoms with van der Waals surface area (Å²) in [5.74, 6) is -0.284. The number of aromatic nitrogens is 1. The number of benzene rings is 3. The quantitative estimate of drug-likeness (QED) is 0.212. The van der Waals surface area contributed by atoms with Crippen LogP contribution in [0.4, 0.5) is 0 Å². The Morgan fingerprint density at radius 3 is 2.39 bits per heavy atom. The Hall–Kier alpha value is -4.59. The van der Waals surface area contributed by atoms with Crippen LogP contribution in [0.15, 0.2) is 76.1 Å². The van der Waals surface area contributed by atoms with Crippen molar-refractivity contribution in [3.63, 3.8) is 0 Å². The van der Waals surface area contributed by atoms with Gasteiger partial charge in [0.05, 0.1) is 5.39 Å². The fraction of sp³-hybridized carbons (Fsp3) is 0.233. The molecule has 0 saturated heterocycles. The van der Waals surface area contributed by atoms with Crippen LogP contribution in [0.25, 0.3) is 32.6 Å². The van der Waals surface area contributed by atoms with E-state index in [0.717, 1.165) is 27.2 Å². The lowest BCUT2D eigenvalue weighted by Gasteiger charge is -2.20. The maximum Gasteiger partial charge on any atom is 0.344 e. The average Bonchev–Trinajstić information content (AvgIpc) is 3.31. The Labute approximate surface area is 219 Å². The average molecular weight is 512 g/mol. The number of fused-ring (bicyclic) bond motifs is 4. The summed E-state index contributed by atoms with van der Waals surface area (Å²) in [5, 5.41) is 8.80. The van der Waals surface area contributed by atoms with E-state index in [1.165, 1.54) is 0 Å². The van der Waals surface area contributed by atoms with Crippen molar-refractivity contribution >= 4 is 44.5 Å². The topological polar surface area (TPSA) is 113 Å². The molecule has 8 heteroatoms. The van der Waals surface area contributed by atoms with Crippen molar-refractivity contribution in [3.8, 4) is 5.75 Å². The standard InChI is InChI=1S/C30H29N3O5/c1-17(2)32-29(35)25(14-19-15-31-24-11-7-6-8-20(19)24)33-27(34)16-37-26-13-12-22-21-9-4-5-10-23(21)30(36)38-28(22)18(26)3/h4-13,15,17,25,31H,14,16H2,1-3H3,(H,32,35)(H,33,34). The second-order valence-corrected chi connectivity index (χ2v) is 9.64. The highest BCUT2D eigenvalue weighted by Gasteiger charge is 2.23. The van der Waals surface area contributed by atoms with Gasteiger partial charge in [-0.05, 0) is 56.0 Å². The van der Waals surface area contributed by atoms with Gasteiger partial charge in [-0.25, -0.2) is 4.79 Å². The van der Waals surface area contributed by atoms with Gasteiger partial charge in [0.25, 0.3) is 5.91 Å². The molecule has 2 heterocycles.